The molecule has 0 aliphatic rings. The summed E-state index contributed by atoms with van der Waals surface area (Å²) in [5.41, 5.74) is 8.49. The maximum absolute atomic E-state index is 6.50. The highest BCUT2D eigenvalue weighted by molar-refractivity contribution is 7.16. The van der Waals surface area contributed by atoms with Crippen LogP contribution in [-0.2, 0) is 6.42 Å². The number of rotatable bonds is 7. The van der Waals surface area contributed by atoms with Gasteiger partial charge in [-0.05, 0) is 70.2 Å². The number of aromatic amines is 1. The van der Waals surface area contributed by atoms with Crippen LogP contribution in [0, 0.1) is 0 Å². The molecule has 1 N–H and O–H groups in total. The number of H-pyrrole nitrogens is 1. The largest absolute Gasteiger partial charge is 0.263 e. The first-order valence-electron chi connectivity index (χ1n) is 10.4. The van der Waals surface area contributed by atoms with Gasteiger partial charge in [-0.3, -0.25) is 4.98 Å². The van der Waals surface area contributed by atoms with Crippen molar-refractivity contribution in [1.29, 1.82) is 0 Å². The minimum Gasteiger partial charge on any atom is -0.263 e. The lowest BCUT2D eigenvalue weighted by Crippen LogP contribution is -1.92. The average molecular weight is 471 g/mol. The average Bonchev–Trinajstić information content (AvgIpc) is 3.53. The Morgan fingerprint density at radius 1 is 1.03 bits per heavy atom. The number of halogens is 1. The number of allylic oxidation sites excluding steroid dienone is 1. The van der Waals surface area contributed by atoms with Gasteiger partial charge in [0.25, 0.3) is 0 Å². The fraction of sp³-hybridized carbons (Fsp3) is 0.0800. The van der Waals surface area contributed by atoms with Crippen LogP contribution in [0.15, 0.2) is 66.4 Å². The predicted octanol–water partition coefficient (Wildman–Crippen LogP) is 6.20. The van der Waals surface area contributed by atoms with Crippen LogP contribution >= 0.6 is 22.9 Å². The van der Waals surface area contributed by atoms with E-state index in [4.69, 9.17) is 11.6 Å². The van der Waals surface area contributed by atoms with Crippen molar-refractivity contribution in [3.05, 3.63) is 99.5 Å². The van der Waals surface area contributed by atoms with Crippen molar-refractivity contribution in [3.63, 3.8) is 0 Å². The second kappa shape index (κ2) is 9.85. The van der Waals surface area contributed by atoms with E-state index in [1.165, 1.54) is 10.3 Å². The van der Waals surface area contributed by atoms with Crippen LogP contribution in [0.1, 0.15) is 34.5 Å². The number of fused-ring (bicyclic) bond motifs is 1. The summed E-state index contributed by atoms with van der Waals surface area (Å²) in [4.78, 5) is 8.59. The Morgan fingerprint density at radius 3 is 2.73 bits per heavy atom. The summed E-state index contributed by atoms with van der Waals surface area (Å²) in [5, 5.41) is 14.5. The Kier molecular flexibility index (Phi) is 6.32. The van der Waals surface area contributed by atoms with E-state index in [2.05, 4.69) is 79.1 Å². The molecule has 162 valence electrons. The summed E-state index contributed by atoms with van der Waals surface area (Å²) in [5.74, 6) is 0.555. The fourth-order valence-corrected chi connectivity index (χ4v) is 4.47. The van der Waals surface area contributed by atoms with Gasteiger partial charge in [0, 0.05) is 12.4 Å². The molecule has 0 unspecified atom stereocenters. The number of thiazole rings is 1. The minimum atomic E-state index is 0.555. The molecule has 0 bridgehead atoms. The lowest BCUT2D eigenvalue weighted by Gasteiger charge is -2.11. The van der Waals surface area contributed by atoms with E-state index >= 15 is 0 Å². The third kappa shape index (κ3) is 5.22. The van der Waals surface area contributed by atoms with Gasteiger partial charge in [-0.1, -0.05) is 54.1 Å². The van der Waals surface area contributed by atoms with Gasteiger partial charge in [0.15, 0.2) is 5.82 Å². The Labute approximate surface area is 199 Å². The summed E-state index contributed by atoms with van der Waals surface area (Å²) in [6.45, 7) is 0. The Hall–Kier alpha value is -3.68. The van der Waals surface area contributed by atoms with Crippen molar-refractivity contribution in [2.75, 3.05) is 0 Å². The van der Waals surface area contributed by atoms with E-state index in [0.29, 0.717) is 10.8 Å². The van der Waals surface area contributed by atoms with Crippen LogP contribution < -0.4 is 0 Å². The molecule has 0 fully saturated rings. The SMILES string of the molecule is Clc1cnccc1C(=Cc1ccc2scnc2c1)CCc1ccc(/C=C/c2nn[nH]n2)cc1. The number of hydrogen-bond donors (Lipinski definition) is 1. The van der Waals surface area contributed by atoms with Gasteiger partial charge in [0.1, 0.15) is 0 Å². The fourth-order valence-electron chi connectivity index (χ4n) is 3.57. The zero-order valence-electron chi connectivity index (χ0n) is 17.5. The Morgan fingerprint density at radius 2 is 1.91 bits per heavy atom. The van der Waals surface area contributed by atoms with Gasteiger partial charge in [0.05, 0.1) is 20.7 Å². The van der Waals surface area contributed by atoms with Crippen molar-refractivity contribution >= 4 is 57.0 Å². The highest BCUT2D eigenvalue weighted by Gasteiger charge is 2.09. The van der Waals surface area contributed by atoms with Crippen molar-refractivity contribution in [2.24, 2.45) is 0 Å². The zero-order valence-corrected chi connectivity index (χ0v) is 19.1. The van der Waals surface area contributed by atoms with Crippen LogP contribution in [0.5, 0.6) is 0 Å². The van der Waals surface area contributed by atoms with Gasteiger partial charge >= 0.3 is 0 Å². The van der Waals surface area contributed by atoms with Gasteiger partial charge in [-0.25, -0.2) is 4.98 Å². The summed E-state index contributed by atoms with van der Waals surface area (Å²) >= 11 is 8.15. The first-order chi connectivity index (χ1) is 16.2. The molecule has 0 aliphatic carbocycles. The van der Waals surface area contributed by atoms with Gasteiger partial charge < -0.3 is 0 Å². The number of aryl methyl sites for hydroxylation is 1. The molecule has 2 aromatic carbocycles. The van der Waals surface area contributed by atoms with E-state index in [1.54, 1.807) is 23.7 Å². The van der Waals surface area contributed by atoms with E-state index < -0.39 is 0 Å². The zero-order chi connectivity index (χ0) is 22.5. The molecule has 6 nitrogen and oxygen atoms in total. The van der Waals surface area contributed by atoms with Crippen LogP contribution in [0.4, 0.5) is 0 Å². The quantitative estimate of drug-likeness (QED) is 0.306. The number of hydrogen-bond acceptors (Lipinski definition) is 6. The number of nitrogens with zero attached hydrogens (tertiary/aromatic N) is 5. The molecule has 0 spiro atoms. The van der Waals surface area contributed by atoms with Crippen molar-refractivity contribution in [2.45, 2.75) is 12.8 Å². The predicted molar refractivity (Wildman–Crippen MR) is 135 cm³/mol. The van der Waals surface area contributed by atoms with E-state index in [-0.39, 0.29) is 0 Å². The molecule has 5 aromatic rings. The van der Waals surface area contributed by atoms with E-state index in [9.17, 15) is 0 Å². The topological polar surface area (TPSA) is 80.2 Å². The number of aromatic nitrogens is 6. The third-order valence-electron chi connectivity index (χ3n) is 5.26. The number of pyridine rings is 1. The lowest BCUT2D eigenvalue weighted by molar-refractivity contribution is 0.881. The van der Waals surface area contributed by atoms with Crippen molar-refractivity contribution in [1.82, 2.24) is 30.6 Å². The molecule has 0 saturated heterocycles. The molecule has 0 radical (unpaired) electrons. The molecule has 3 heterocycles. The third-order valence-corrected chi connectivity index (χ3v) is 6.37. The maximum Gasteiger partial charge on any atom is 0.197 e. The second-order valence-electron chi connectivity index (χ2n) is 7.45. The highest BCUT2D eigenvalue weighted by Crippen LogP contribution is 2.30. The van der Waals surface area contributed by atoms with E-state index in [1.807, 2.05) is 23.7 Å². The molecule has 0 atom stereocenters. The molecule has 8 heteroatoms. The van der Waals surface area contributed by atoms with Crippen LogP contribution in [-0.4, -0.2) is 30.6 Å². The van der Waals surface area contributed by atoms with Crippen LogP contribution in [0.2, 0.25) is 5.02 Å². The van der Waals surface area contributed by atoms with Gasteiger partial charge in [0.2, 0.25) is 0 Å². The second-order valence-corrected chi connectivity index (χ2v) is 8.74. The van der Waals surface area contributed by atoms with Crippen molar-refractivity contribution in [3.8, 4) is 0 Å². The smallest absolute Gasteiger partial charge is 0.197 e. The minimum absolute atomic E-state index is 0.555. The van der Waals surface area contributed by atoms with Crippen LogP contribution in [0.3, 0.4) is 0 Å². The number of nitrogens with one attached hydrogen (secondary N) is 1. The summed E-state index contributed by atoms with van der Waals surface area (Å²) < 4.78 is 1.18. The monoisotopic (exact) mass is 470 g/mol. The summed E-state index contributed by atoms with van der Waals surface area (Å²) in [6, 6.07) is 16.8. The molecule has 3 aromatic heterocycles. The lowest BCUT2D eigenvalue weighted by atomic mass is 9.96. The summed E-state index contributed by atoms with van der Waals surface area (Å²) in [6.07, 6.45) is 11.2. The van der Waals surface area contributed by atoms with Gasteiger partial charge in [-0.15, -0.1) is 21.5 Å². The normalized spacial score (nSPS) is 12.1. The van der Waals surface area contributed by atoms with Crippen LogP contribution in [0.25, 0.3) is 34.0 Å². The molecular weight excluding hydrogens is 452 g/mol. The maximum atomic E-state index is 6.50. The molecule has 0 aliphatic heterocycles. The molecule has 5 rings (SSSR count). The van der Waals surface area contributed by atoms with Gasteiger partial charge in [-0.2, -0.15) is 5.21 Å². The van der Waals surface area contributed by atoms with Crippen molar-refractivity contribution < 1.29 is 0 Å². The first kappa shape index (κ1) is 21.2. The number of tetrazole rings is 1. The number of benzene rings is 2. The first-order valence-corrected chi connectivity index (χ1v) is 11.6. The molecule has 33 heavy (non-hydrogen) atoms. The Bertz CT molecular complexity index is 1420. The molecule has 0 amide bonds. The Balaban J connectivity index is 1.36. The molecular formula is C25H19ClN6S. The van der Waals surface area contributed by atoms with E-state index in [0.717, 1.165) is 40.6 Å². The summed E-state index contributed by atoms with van der Waals surface area (Å²) in [7, 11) is 0. The molecule has 0 saturated carbocycles. The standard InChI is InChI=1S/C25H19ClN6S/c26-22-15-27-12-11-21(22)20(13-19-6-9-24-23(14-19)28-16-33-24)8-5-17-1-3-18(4-2-17)7-10-25-29-31-32-30-25/h1-4,6-7,9-16H,5,8H2,(H,29,30,31,32)/b10-7+,20-13?. The highest BCUT2D eigenvalue weighted by atomic mass is 35.5.